The number of aromatic nitrogens is 1. The van der Waals surface area contributed by atoms with E-state index in [2.05, 4.69) is 4.99 Å². The number of fused-ring (bicyclic) bond motifs is 1. The number of ether oxygens (including phenoxy) is 3. The number of thioether (sulfide) groups is 1. The molecule has 0 bridgehead atoms. The second kappa shape index (κ2) is 9.82. The third-order valence-corrected chi connectivity index (χ3v) is 6.23. The lowest BCUT2D eigenvalue weighted by Gasteiger charge is -2.08. The minimum atomic E-state index is -0.408. The van der Waals surface area contributed by atoms with E-state index in [0.717, 1.165) is 15.1 Å². The highest BCUT2D eigenvalue weighted by molar-refractivity contribution is 7.98. The number of esters is 1. The van der Waals surface area contributed by atoms with Gasteiger partial charge in [-0.25, -0.2) is 0 Å². The van der Waals surface area contributed by atoms with E-state index < -0.39 is 5.97 Å². The summed E-state index contributed by atoms with van der Waals surface area (Å²) in [5, 5.41) is 0. The predicted molar refractivity (Wildman–Crippen MR) is 117 cm³/mol. The van der Waals surface area contributed by atoms with Gasteiger partial charge in [-0.2, -0.15) is 4.99 Å². The standard InChI is InChI=1S/C21H22N2O5S2/c1-26-14-6-5-13(17(10-14)27-2)9-19(24)22-21-23(12-20(25)28-3)16-8-7-15(29-4)11-18(16)30-21/h5-8,10-11H,9,12H2,1-4H3. The van der Waals surface area contributed by atoms with Crippen LogP contribution < -0.4 is 14.3 Å². The highest BCUT2D eigenvalue weighted by atomic mass is 32.2. The van der Waals surface area contributed by atoms with Crippen molar-refractivity contribution in [1.82, 2.24) is 4.57 Å². The first-order valence-electron chi connectivity index (χ1n) is 9.01. The molecule has 3 aromatic rings. The van der Waals surface area contributed by atoms with Crippen molar-refractivity contribution in [1.29, 1.82) is 0 Å². The number of hydrogen-bond acceptors (Lipinski definition) is 7. The maximum absolute atomic E-state index is 12.7. The molecule has 1 amide bonds. The molecular weight excluding hydrogens is 424 g/mol. The zero-order valence-corrected chi connectivity index (χ0v) is 18.8. The van der Waals surface area contributed by atoms with Crippen molar-refractivity contribution in [2.75, 3.05) is 27.6 Å². The van der Waals surface area contributed by atoms with Crippen LogP contribution in [0.1, 0.15) is 5.56 Å². The Morgan fingerprint density at radius 2 is 1.90 bits per heavy atom. The molecule has 1 aromatic heterocycles. The summed E-state index contributed by atoms with van der Waals surface area (Å²) in [4.78, 5) is 30.5. The van der Waals surface area contributed by atoms with Gasteiger partial charge in [0, 0.05) is 16.5 Å². The SMILES string of the molecule is COC(=O)Cn1c(=NC(=O)Cc2ccc(OC)cc2OC)sc2cc(SC)ccc21. The van der Waals surface area contributed by atoms with Crippen LogP contribution in [0.25, 0.3) is 10.2 Å². The van der Waals surface area contributed by atoms with Gasteiger partial charge in [0.05, 0.1) is 38.0 Å². The molecule has 0 saturated carbocycles. The maximum Gasteiger partial charge on any atom is 0.325 e. The van der Waals surface area contributed by atoms with Gasteiger partial charge in [-0.15, -0.1) is 11.8 Å². The molecule has 0 N–H and O–H groups in total. The van der Waals surface area contributed by atoms with Gasteiger partial charge < -0.3 is 18.8 Å². The molecular formula is C21H22N2O5S2. The van der Waals surface area contributed by atoms with Crippen molar-refractivity contribution in [3.63, 3.8) is 0 Å². The van der Waals surface area contributed by atoms with E-state index in [9.17, 15) is 9.59 Å². The largest absolute Gasteiger partial charge is 0.497 e. The Bertz CT molecular complexity index is 1150. The zero-order chi connectivity index (χ0) is 21.7. The molecule has 0 aliphatic heterocycles. The lowest BCUT2D eigenvalue weighted by atomic mass is 10.1. The molecule has 0 aliphatic carbocycles. The second-order valence-corrected chi connectivity index (χ2v) is 8.13. The molecule has 158 valence electrons. The Hall–Kier alpha value is -2.78. The number of hydrogen-bond donors (Lipinski definition) is 0. The van der Waals surface area contributed by atoms with Crippen LogP contribution in [0.5, 0.6) is 11.5 Å². The average molecular weight is 447 g/mol. The first-order valence-corrected chi connectivity index (χ1v) is 11.1. The lowest BCUT2D eigenvalue weighted by Crippen LogP contribution is -2.22. The molecule has 0 aliphatic rings. The zero-order valence-electron chi connectivity index (χ0n) is 17.1. The van der Waals surface area contributed by atoms with Gasteiger partial charge in [0.25, 0.3) is 5.91 Å². The van der Waals surface area contributed by atoms with Gasteiger partial charge in [0.1, 0.15) is 18.0 Å². The summed E-state index contributed by atoms with van der Waals surface area (Å²) < 4.78 is 18.0. The molecule has 30 heavy (non-hydrogen) atoms. The van der Waals surface area contributed by atoms with Crippen LogP contribution in [-0.2, 0) is 27.3 Å². The Balaban J connectivity index is 2.00. The summed E-state index contributed by atoms with van der Waals surface area (Å²) >= 11 is 2.99. The van der Waals surface area contributed by atoms with Crippen LogP contribution in [0.15, 0.2) is 46.3 Å². The number of amides is 1. The van der Waals surface area contributed by atoms with E-state index in [1.165, 1.54) is 18.4 Å². The van der Waals surface area contributed by atoms with Gasteiger partial charge in [0.2, 0.25) is 0 Å². The van der Waals surface area contributed by atoms with E-state index >= 15 is 0 Å². The first kappa shape index (κ1) is 21.9. The molecule has 7 nitrogen and oxygen atoms in total. The molecule has 0 fully saturated rings. The molecule has 2 aromatic carbocycles. The minimum Gasteiger partial charge on any atom is -0.497 e. The molecule has 3 rings (SSSR count). The number of benzene rings is 2. The van der Waals surface area contributed by atoms with Crippen molar-refractivity contribution >= 4 is 45.2 Å². The number of rotatable bonds is 7. The Morgan fingerprint density at radius 3 is 2.57 bits per heavy atom. The third kappa shape index (κ3) is 4.85. The Kier molecular flexibility index (Phi) is 7.17. The fourth-order valence-electron chi connectivity index (χ4n) is 2.92. The number of nitrogens with zero attached hydrogens (tertiary/aromatic N) is 2. The molecule has 0 radical (unpaired) electrons. The summed E-state index contributed by atoms with van der Waals surface area (Å²) in [6.45, 7) is -0.0207. The molecule has 0 spiro atoms. The summed E-state index contributed by atoms with van der Waals surface area (Å²) in [7, 11) is 4.44. The van der Waals surface area contributed by atoms with Crippen LogP contribution in [-0.4, -0.2) is 44.0 Å². The van der Waals surface area contributed by atoms with Gasteiger partial charge >= 0.3 is 5.97 Å². The van der Waals surface area contributed by atoms with Crippen molar-refractivity contribution in [3.05, 3.63) is 46.8 Å². The van der Waals surface area contributed by atoms with Crippen molar-refractivity contribution in [2.45, 2.75) is 17.9 Å². The third-order valence-electron chi connectivity index (χ3n) is 4.46. The Morgan fingerprint density at radius 1 is 1.10 bits per heavy atom. The molecule has 0 saturated heterocycles. The monoisotopic (exact) mass is 446 g/mol. The second-order valence-electron chi connectivity index (χ2n) is 6.24. The molecule has 0 unspecified atom stereocenters. The number of thiazole rings is 1. The Labute approximate surface area is 182 Å². The van der Waals surface area contributed by atoms with Crippen LogP contribution in [0.3, 0.4) is 0 Å². The van der Waals surface area contributed by atoms with Crippen molar-refractivity contribution < 1.29 is 23.8 Å². The fourth-order valence-corrected chi connectivity index (χ4v) is 4.52. The minimum absolute atomic E-state index is 0.0207. The van der Waals surface area contributed by atoms with E-state index in [4.69, 9.17) is 14.2 Å². The number of methoxy groups -OCH3 is 3. The van der Waals surface area contributed by atoms with Crippen LogP contribution in [0.4, 0.5) is 0 Å². The lowest BCUT2D eigenvalue weighted by molar-refractivity contribution is -0.141. The van der Waals surface area contributed by atoms with Crippen LogP contribution in [0.2, 0.25) is 0 Å². The number of carbonyl (C=O) groups excluding carboxylic acids is 2. The van der Waals surface area contributed by atoms with Gasteiger partial charge in [0.15, 0.2) is 4.80 Å². The first-order chi connectivity index (χ1) is 14.5. The topological polar surface area (TPSA) is 79.1 Å². The smallest absolute Gasteiger partial charge is 0.325 e. The predicted octanol–water partition coefficient (Wildman–Crippen LogP) is 3.28. The van der Waals surface area contributed by atoms with Crippen molar-refractivity contribution in [2.24, 2.45) is 4.99 Å². The van der Waals surface area contributed by atoms with Crippen LogP contribution >= 0.6 is 23.1 Å². The summed E-state index contributed by atoms with van der Waals surface area (Å²) in [5.74, 6) is 0.453. The highest BCUT2D eigenvalue weighted by Crippen LogP contribution is 2.26. The van der Waals surface area contributed by atoms with Crippen molar-refractivity contribution in [3.8, 4) is 11.5 Å². The van der Waals surface area contributed by atoms with E-state index in [1.807, 2.05) is 24.5 Å². The molecule has 1 heterocycles. The van der Waals surface area contributed by atoms with Gasteiger partial charge in [-0.05, 0) is 30.5 Å². The maximum atomic E-state index is 12.7. The molecule has 0 atom stereocenters. The van der Waals surface area contributed by atoms with Gasteiger partial charge in [-0.1, -0.05) is 17.4 Å². The van der Waals surface area contributed by atoms with E-state index in [-0.39, 0.29) is 18.9 Å². The number of carbonyl (C=O) groups is 2. The van der Waals surface area contributed by atoms with E-state index in [1.54, 1.807) is 48.7 Å². The quantitative estimate of drug-likeness (QED) is 0.409. The van der Waals surface area contributed by atoms with Crippen LogP contribution in [0, 0.1) is 0 Å². The average Bonchev–Trinajstić information content (AvgIpc) is 3.09. The fraction of sp³-hybridized carbons (Fsp3) is 0.286. The summed E-state index contributed by atoms with van der Waals surface area (Å²) in [6.07, 6.45) is 2.06. The normalized spacial score (nSPS) is 11.5. The van der Waals surface area contributed by atoms with Gasteiger partial charge in [-0.3, -0.25) is 9.59 Å². The highest BCUT2D eigenvalue weighted by Gasteiger charge is 2.14. The summed E-state index contributed by atoms with van der Waals surface area (Å²) in [6, 6.07) is 11.2. The molecule has 9 heteroatoms. The van der Waals surface area contributed by atoms with E-state index in [0.29, 0.717) is 21.9 Å². The summed E-state index contributed by atoms with van der Waals surface area (Å²) in [5.41, 5.74) is 1.54.